The number of carbonyl (C=O) groups excluding carboxylic acids is 2. The van der Waals surface area contributed by atoms with Crippen molar-refractivity contribution in [1.29, 1.82) is 0 Å². The molecule has 4 heteroatoms. The number of ketones is 1. The van der Waals surface area contributed by atoms with Crippen molar-refractivity contribution < 1.29 is 14.3 Å². The first-order valence-electron chi connectivity index (χ1n) is 10.1. The van der Waals surface area contributed by atoms with E-state index in [0.717, 1.165) is 46.5 Å². The SMILES string of the molecule is CC1=C(C(=O)OCc2ccccc2)C(c2cccc(C)c2)C2=C(CCCC2=O)N1. The zero-order valence-electron chi connectivity index (χ0n) is 16.8. The quantitative estimate of drug-likeness (QED) is 0.772. The second-order valence-electron chi connectivity index (χ2n) is 7.74. The van der Waals surface area contributed by atoms with Gasteiger partial charge in [0.25, 0.3) is 0 Å². The van der Waals surface area contributed by atoms with Crippen molar-refractivity contribution in [3.8, 4) is 0 Å². The van der Waals surface area contributed by atoms with Crippen LogP contribution in [-0.4, -0.2) is 11.8 Å². The number of nitrogens with one attached hydrogen (secondary N) is 1. The minimum absolute atomic E-state index is 0.117. The van der Waals surface area contributed by atoms with Crippen LogP contribution < -0.4 is 5.32 Å². The highest BCUT2D eigenvalue weighted by molar-refractivity contribution is 6.03. The first kappa shape index (κ1) is 19.2. The average Bonchev–Trinajstić information content (AvgIpc) is 2.72. The van der Waals surface area contributed by atoms with E-state index >= 15 is 0 Å². The van der Waals surface area contributed by atoms with Gasteiger partial charge < -0.3 is 10.1 Å². The van der Waals surface area contributed by atoms with E-state index in [-0.39, 0.29) is 24.3 Å². The summed E-state index contributed by atoms with van der Waals surface area (Å²) in [5.41, 5.74) is 5.96. The van der Waals surface area contributed by atoms with Crippen LogP contribution in [0.1, 0.15) is 48.8 Å². The molecule has 1 heterocycles. The van der Waals surface area contributed by atoms with Gasteiger partial charge in [-0.2, -0.15) is 0 Å². The van der Waals surface area contributed by atoms with Gasteiger partial charge in [-0.05, 0) is 37.8 Å². The Bertz CT molecular complexity index is 1020. The van der Waals surface area contributed by atoms with Gasteiger partial charge in [0.15, 0.2) is 5.78 Å². The van der Waals surface area contributed by atoms with E-state index < -0.39 is 0 Å². The molecule has 1 aliphatic heterocycles. The molecule has 0 fully saturated rings. The Balaban J connectivity index is 1.72. The Morgan fingerprint density at radius 1 is 1.07 bits per heavy atom. The molecule has 4 nitrogen and oxygen atoms in total. The van der Waals surface area contributed by atoms with Crippen LogP contribution >= 0.6 is 0 Å². The number of benzene rings is 2. The Morgan fingerprint density at radius 3 is 2.62 bits per heavy atom. The minimum Gasteiger partial charge on any atom is -0.457 e. The first-order valence-corrected chi connectivity index (χ1v) is 10.1. The molecular weight excluding hydrogens is 362 g/mol. The maximum absolute atomic E-state index is 13.2. The van der Waals surface area contributed by atoms with Crippen molar-refractivity contribution in [2.45, 2.75) is 45.6 Å². The molecule has 1 aliphatic carbocycles. The highest BCUT2D eigenvalue weighted by atomic mass is 16.5. The largest absolute Gasteiger partial charge is 0.457 e. The summed E-state index contributed by atoms with van der Waals surface area (Å²) in [4.78, 5) is 26.1. The lowest BCUT2D eigenvalue weighted by molar-refractivity contribution is -0.140. The molecule has 0 radical (unpaired) electrons. The normalized spacial score (nSPS) is 19.0. The summed E-state index contributed by atoms with van der Waals surface area (Å²) >= 11 is 0. The molecule has 1 N–H and O–H groups in total. The number of dihydropyridines is 1. The standard InChI is InChI=1S/C25H25NO3/c1-16-8-6-11-19(14-16)23-22(25(28)29-15-18-9-4-3-5-10-18)17(2)26-20-12-7-13-21(27)24(20)23/h3-6,8-11,14,23,26H,7,12-13,15H2,1-2H3. The second kappa shape index (κ2) is 8.08. The van der Waals surface area contributed by atoms with E-state index in [0.29, 0.717) is 12.0 Å². The van der Waals surface area contributed by atoms with Gasteiger partial charge in [0.05, 0.1) is 5.57 Å². The van der Waals surface area contributed by atoms with Crippen LogP contribution in [0.15, 0.2) is 77.1 Å². The van der Waals surface area contributed by atoms with Crippen LogP contribution in [-0.2, 0) is 20.9 Å². The van der Waals surface area contributed by atoms with Gasteiger partial charge in [-0.15, -0.1) is 0 Å². The smallest absolute Gasteiger partial charge is 0.337 e. The van der Waals surface area contributed by atoms with Crippen molar-refractivity contribution in [2.24, 2.45) is 0 Å². The topological polar surface area (TPSA) is 55.4 Å². The maximum Gasteiger partial charge on any atom is 0.337 e. The predicted octanol–water partition coefficient (Wildman–Crippen LogP) is 4.71. The fourth-order valence-electron chi connectivity index (χ4n) is 4.24. The summed E-state index contributed by atoms with van der Waals surface area (Å²) in [6.45, 7) is 4.12. The molecule has 0 aromatic heterocycles. The predicted molar refractivity (Wildman–Crippen MR) is 112 cm³/mol. The van der Waals surface area contributed by atoms with Crippen LogP contribution in [0.25, 0.3) is 0 Å². The van der Waals surface area contributed by atoms with Gasteiger partial charge in [0.1, 0.15) is 6.61 Å². The molecule has 1 atom stereocenters. The van der Waals surface area contributed by atoms with Gasteiger partial charge >= 0.3 is 5.97 Å². The van der Waals surface area contributed by atoms with Gasteiger partial charge in [0, 0.05) is 29.3 Å². The summed E-state index contributed by atoms with van der Waals surface area (Å²) < 4.78 is 5.66. The molecule has 4 rings (SSSR count). The van der Waals surface area contributed by atoms with Crippen LogP contribution in [0.4, 0.5) is 0 Å². The third kappa shape index (κ3) is 3.88. The molecule has 0 amide bonds. The number of hydrogen-bond donors (Lipinski definition) is 1. The lowest BCUT2D eigenvalue weighted by atomic mass is 9.75. The van der Waals surface area contributed by atoms with Gasteiger partial charge in [-0.1, -0.05) is 60.2 Å². The molecule has 1 unspecified atom stereocenters. The van der Waals surface area contributed by atoms with Crippen molar-refractivity contribution in [3.05, 3.63) is 93.8 Å². The Morgan fingerprint density at radius 2 is 1.86 bits per heavy atom. The summed E-state index contributed by atoms with van der Waals surface area (Å²) in [6, 6.07) is 17.7. The number of aryl methyl sites for hydroxylation is 1. The van der Waals surface area contributed by atoms with Crippen LogP contribution in [0.2, 0.25) is 0 Å². The number of allylic oxidation sites excluding steroid dienone is 3. The van der Waals surface area contributed by atoms with Crippen molar-refractivity contribution in [3.63, 3.8) is 0 Å². The fourth-order valence-corrected chi connectivity index (χ4v) is 4.24. The molecule has 0 spiro atoms. The summed E-state index contributed by atoms with van der Waals surface area (Å²) in [5.74, 6) is -0.649. The van der Waals surface area contributed by atoms with Gasteiger partial charge in [-0.25, -0.2) is 4.79 Å². The molecular formula is C25H25NO3. The highest BCUT2D eigenvalue weighted by Crippen LogP contribution is 2.42. The van der Waals surface area contributed by atoms with Crippen LogP contribution in [0, 0.1) is 6.92 Å². The third-order valence-corrected chi connectivity index (χ3v) is 5.58. The second-order valence-corrected chi connectivity index (χ2v) is 7.74. The number of carbonyl (C=O) groups is 2. The Kier molecular flexibility index (Phi) is 5.34. The Labute approximate surface area is 171 Å². The van der Waals surface area contributed by atoms with Crippen molar-refractivity contribution >= 4 is 11.8 Å². The zero-order chi connectivity index (χ0) is 20.4. The molecule has 0 saturated carbocycles. The molecule has 0 bridgehead atoms. The Hall–Kier alpha value is -3.14. The summed E-state index contributed by atoms with van der Waals surface area (Å²) in [5, 5.41) is 3.33. The van der Waals surface area contributed by atoms with E-state index in [4.69, 9.17) is 4.74 Å². The number of esters is 1. The number of ether oxygens (including phenoxy) is 1. The van der Waals surface area contributed by atoms with Crippen molar-refractivity contribution in [2.75, 3.05) is 0 Å². The van der Waals surface area contributed by atoms with Crippen LogP contribution in [0.3, 0.4) is 0 Å². The van der Waals surface area contributed by atoms with E-state index in [1.807, 2.05) is 62.4 Å². The van der Waals surface area contributed by atoms with E-state index in [9.17, 15) is 9.59 Å². The first-order chi connectivity index (χ1) is 14.0. The molecule has 2 aromatic rings. The molecule has 148 valence electrons. The number of Topliss-reactive ketones (excluding diaryl/α,β-unsaturated/α-hetero) is 1. The van der Waals surface area contributed by atoms with E-state index in [1.165, 1.54) is 0 Å². The zero-order valence-corrected chi connectivity index (χ0v) is 16.8. The van der Waals surface area contributed by atoms with Gasteiger partial charge in [-0.3, -0.25) is 4.79 Å². The fraction of sp³-hybridized carbons (Fsp3) is 0.280. The van der Waals surface area contributed by atoms with Crippen molar-refractivity contribution in [1.82, 2.24) is 5.32 Å². The lowest BCUT2D eigenvalue weighted by Gasteiger charge is -2.34. The number of rotatable bonds is 4. The maximum atomic E-state index is 13.2. The minimum atomic E-state index is -0.387. The summed E-state index contributed by atoms with van der Waals surface area (Å²) in [7, 11) is 0. The van der Waals surface area contributed by atoms with Gasteiger partial charge in [0.2, 0.25) is 0 Å². The lowest BCUT2D eigenvalue weighted by Crippen LogP contribution is -2.34. The molecule has 29 heavy (non-hydrogen) atoms. The molecule has 0 saturated heterocycles. The third-order valence-electron chi connectivity index (χ3n) is 5.58. The van der Waals surface area contributed by atoms with E-state index in [2.05, 4.69) is 11.4 Å². The average molecular weight is 387 g/mol. The highest BCUT2D eigenvalue weighted by Gasteiger charge is 2.39. The van der Waals surface area contributed by atoms with E-state index in [1.54, 1.807) is 0 Å². The number of hydrogen-bond acceptors (Lipinski definition) is 4. The monoisotopic (exact) mass is 387 g/mol. The van der Waals surface area contributed by atoms with Crippen LogP contribution in [0.5, 0.6) is 0 Å². The molecule has 2 aliphatic rings. The summed E-state index contributed by atoms with van der Waals surface area (Å²) in [6.07, 6.45) is 2.19. The molecule has 2 aromatic carbocycles.